The SMILES string of the molecule is [2H]c1c([2H])c(N(c2ccc(-c3cc4ccccc4c4ccccc34)cc2)c2ccc(-c3cccc4oc5ccccc5c34)cc2)c([2H])c([2H])c1-c1cccc2ccccc12. The Morgan fingerprint density at radius 2 is 0.875 bits per heavy atom. The quantitative estimate of drug-likeness (QED) is 0.159. The third kappa shape index (κ3) is 5.34. The van der Waals surface area contributed by atoms with Crippen LogP contribution in [0.3, 0.4) is 0 Å². The van der Waals surface area contributed by atoms with Gasteiger partial charge in [-0.3, -0.25) is 0 Å². The van der Waals surface area contributed by atoms with Gasteiger partial charge in [0.15, 0.2) is 0 Å². The molecule has 2 nitrogen and oxygen atoms in total. The van der Waals surface area contributed by atoms with Crippen molar-refractivity contribution in [3.8, 4) is 33.4 Å². The maximum Gasteiger partial charge on any atom is 0.136 e. The average Bonchev–Trinajstić information content (AvgIpc) is 3.69. The van der Waals surface area contributed by atoms with Crippen LogP contribution in [-0.4, -0.2) is 0 Å². The molecule has 262 valence electrons. The highest BCUT2D eigenvalue weighted by Gasteiger charge is 2.17. The van der Waals surface area contributed by atoms with Crippen molar-refractivity contribution < 1.29 is 9.90 Å². The molecular formula is C54H35NO. The maximum absolute atomic E-state index is 9.59. The highest BCUT2D eigenvalue weighted by molar-refractivity contribution is 6.14. The van der Waals surface area contributed by atoms with E-state index in [0.717, 1.165) is 65.7 Å². The molecule has 0 spiro atoms. The summed E-state index contributed by atoms with van der Waals surface area (Å²) in [7, 11) is 0. The fraction of sp³-hybridized carbons (Fsp3) is 0. The van der Waals surface area contributed by atoms with Gasteiger partial charge in [0, 0.05) is 27.8 Å². The standard InChI is InChI=1S/C54H35NO/c1-3-14-44-36(11-1)13-9-19-45(44)37-23-29-41(30-24-37)55(42-31-25-38(26-32-42)47-20-10-22-53-54(47)50-18-7-8-21-52(50)56-53)43-33-27-39(28-34-43)51-35-40-12-2-4-15-46(40)48-16-5-6-17-49(48)51/h1-35H/i23D,24D,29D,30D. The predicted octanol–water partition coefficient (Wildman–Crippen LogP) is 15.5. The smallest absolute Gasteiger partial charge is 0.136 e. The first-order valence-electron chi connectivity index (χ1n) is 20.8. The minimum atomic E-state index is -0.123. The van der Waals surface area contributed by atoms with Gasteiger partial charge in [0.2, 0.25) is 0 Å². The molecule has 0 radical (unpaired) electrons. The Morgan fingerprint density at radius 1 is 0.339 bits per heavy atom. The Morgan fingerprint density at radius 3 is 1.62 bits per heavy atom. The summed E-state index contributed by atoms with van der Waals surface area (Å²) in [5.74, 6) is 0. The Labute approximate surface area is 330 Å². The van der Waals surface area contributed by atoms with Gasteiger partial charge in [-0.25, -0.2) is 0 Å². The van der Waals surface area contributed by atoms with Crippen LogP contribution in [0, 0.1) is 0 Å². The molecule has 0 saturated carbocycles. The highest BCUT2D eigenvalue weighted by Crippen LogP contribution is 2.42. The third-order valence-electron chi connectivity index (χ3n) is 10.9. The van der Waals surface area contributed by atoms with Gasteiger partial charge in [-0.2, -0.15) is 0 Å². The Balaban J connectivity index is 1.09. The Hall–Kier alpha value is -7.42. The number of fused-ring (bicyclic) bond motifs is 7. The number of furan rings is 1. The molecule has 0 aliphatic rings. The fourth-order valence-electron chi connectivity index (χ4n) is 8.29. The van der Waals surface area contributed by atoms with Gasteiger partial charge in [0.25, 0.3) is 0 Å². The van der Waals surface area contributed by atoms with E-state index >= 15 is 0 Å². The number of para-hydroxylation sites is 1. The van der Waals surface area contributed by atoms with Gasteiger partial charge < -0.3 is 9.32 Å². The molecule has 0 aliphatic heterocycles. The van der Waals surface area contributed by atoms with Crippen molar-refractivity contribution in [1.82, 2.24) is 0 Å². The monoisotopic (exact) mass is 717 g/mol. The molecule has 1 aromatic heterocycles. The van der Waals surface area contributed by atoms with E-state index in [1.807, 2.05) is 102 Å². The zero-order chi connectivity index (χ0) is 40.5. The average molecular weight is 718 g/mol. The molecule has 11 rings (SSSR count). The van der Waals surface area contributed by atoms with E-state index in [2.05, 4.69) is 91.0 Å². The summed E-state index contributed by atoms with van der Waals surface area (Å²) >= 11 is 0. The molecule has 0 bridgehead atoms. The van der Waals surface area contributed by atoms with Crippen LogP contribution in [0.4, 0.5) is 17.1 Å². The van der Waals surface area contributed by atoms with E-state index in [1.165, 1.54) is 10.8 Å². The van der Waals surface area contributed by atoms with Crippen LogP contribution in [0.15, 0.2) is 217 Å². The zero-order valence-corrected chi connectivity index (χ0v) is 30.3. The van der Waals surface area contributed by atoms with Crippen molar-refractivity contribution >= 4 is 71.3 Å². The Bertz CT molecular complexity index is 3450. The molecule has 0 N–H and O–H groups in total. The molecule has 56 heavy (non-hydrogen) atoms. The van der Waals surface area contributed by atoms with Gasteiger partial charge >= 0.3 is 0 Å². The lowest BCUT2D eigenvalue weighted by molar-refractivity contribution is 0.669. The van der Waals surface area contributed by atoms with Crippen molar-refractivity contribution in [2.24, 2.45) is 0 Å². The van der Waals surface area contributed by atoms with Crippen LogP contribution in [-0.2, 0) is 0 Å². The number of hydrogen-bond acceptors (Lipinski definition) is 2. The second-order valence-corrected chi connectivity index (χ2v) is 14.1. The molecule has 2 heteroatoms. The van der Waals surface area contributed by atoms with Crippen LogP contribution < -0.4 is 4.90 Å². The molecule has 0 fully saturated rings. The minimum absolute atomic E-state index is 0.0956. The fourth-order valence-corrected chi connectivity index (χ4v) is 8.29. The number of rotatable bonds is 6. The van der Waals surface area contributed by atoms with E-state index in [0.29, 0.717) is 16.9 Å². The van der Waals surface area contributed by atoms with Crippen molar-refractivity contribution in [3.05, 3.63) is 212 Å². The topological polar surface area (TPSA) is 16.4 Å². The predicted molar refractivity (Wildman–Crippen MR) is 237 cm³/mol. The number of benzene rings is 10. The molecule has 0 aliphatic carbocycles. The number of nitrogens with zero attached hydrogens (tertiary/aromatic N) is 1. The van der Waals surface area contributed by atoms with Crippen molar-refractivity contribution in [3.63, 3.8) is 0 Å². The van der Waals surface area contributed by atoms with Crippen molar-refractivity contribution in [2.75, 3.05) is 4.90 Å². The number of hydrogen-bond donors (Lipinski definition) is 0. The zero-order valence-electron chi connectivity index (χ0n) is 34.3. The summed E-state index contributed by atoms with van der Waals surface area (Å²) in [6.07, 6.45) is 0. The lowest BCUT2D eigenvalue weighted by atomic mass is 9.93. The number of anilines is 3. The van der Waals surface area contributed by atoms with Gasteiger partial charge in [0.05, 0.1) is 5.48 Å². The normalized spacial score (nSPS) is 12.6. The van der Waals surface area contributed by atoms with Crippen molar-refractivity contribution in [1.29, 1.82) is 0 Å². The molecular weight excluding hydrogens is 679 g/mol. The second-order valence-electron chi connectivity index (χ2n) is 14.1. The third-order valence-corrected chi connectivity index (χ3v) is 10.9. The van der Waals surface area contributed by atoms with Crippen molar-refractivity contribution in [2.45, 2.75) is 0 Å². The van der Waals surface area contributed by atoms with Gasteiger partial charge in [-0.05, 0) is 120 Å². The lowest BCUT2D eigenvalue weighted by Gasteiger charge is -2.26. The van der Waals surface area contributed by atoms with E-state index in [9.17, 15) is 5.48 Å². The highest BCUT2D eigenvalue weighted by atomic mass is 16.3. The van der Waals surface area contributed by atoms with E-state index in [4.69, 9.17) is 4.42 Å². The molecule has 0 atom stereocenters. The summed E-state index contributed by atoms with van der Waals surface area (Å²) in [5.41, 5.74) is 8.33. The summed E-state index contributed by atoms with van der Waals surface area (Å²) in [5, 5.41) is 8.63. The van der Waals surface area contributed by atoms with Gasteiger partial charge in [-0.1, -0.05) is 158 Å². The van der Waals surface area contributed by atoms with Crippen LogP contribution >= 0.6 is 0 Å². The molecule has 10 aromatic carbocycles. The minimum Gasteiger partial charge on any atom is -0.456 e. The molecule has 0 saturated heterocycles. The summed E-state index contributed by atoms with van der Waals surface area (Å²) in [6.45, 7) is 0. The van der Waals surface area contributed by atoms with Crippen LogP contribution in [0.25, 0.3) is 87.6 Å². The molecule has 1 heterocycles. The molecule has 0 amide bonds. The lowest BCUT2D eigenvalue weighted by Crippen LogP contribution is -2.09. The molecule has 11 aromatic rings. The van der Waals surface area contributed by atoms with E-state index in [1.54, 1.807) is 0 Å². The van der Waals surface area contributed by atoms with Gasteiger partial charge in [-0.15, -0.1) is 0 Å². The summed E-state index contributed by atoms with van der Waals surface area (Å²) < 4.78 is 44.3. The van der Waals surface area contributed by atoms with E-state index in [-0.39, 0.29) is 35.4 Å². The first-order chi connectivity index (χ1) is 29.4. The largest absolute Gasteiger partial charge is 0.456 e. The summed E-state index contributed by atoms with van der Waals surface area (Å²) in [4.78, 5) is 1.85. The van der Waals surface area contributed by atoms with Crippen LogP contribution in [0.1, 0.15) is 5.48 Å². The summed E-state index contributed by atoms with van der Waals surface area (Å²) in [6, 6.07) is 62.8. The second kappa shape index (κ2) is 13.2. The maximum atomic E-state index is 9.59. The van der Waals surface area contributed by atoms with E-state index < -0.39 is 0 Å². The van der Waals surface area contributed by atoms with Crippen LogP contribution in [0.5, 0.6) is 0 Å². The Kier molecular flexibility index (Phi) is 6.60. The van der Waals surface area contributed by atoms with Crippen LogP contribution in [0.2, 0.25) is 0 Å². The first kappa shape index (κ1) is 28.1. The van der Waals surface area contributed by atoms with Gasteiger partial charge in [0.1, 0.15) is 11.2 Å². The first-order valence-corrected chi connectivity index (χ1v) is 18.8. The molecule has 0 unspecified atom stereocenters.